The van der Waals surface area contributed by atoms with E-state index < -0.39 is 0 Å². The highest BCUT2D eigenvalue weighted by Crippen LogP contribution is 2.27. The van der Waals surface area contributed by atoms with Gasteiger partial charge >= 0.3 is 0 Å². The van der Waals surface area contributed by atoms with Crippen molar-refractivity contribution in [2.75, 3.05) is 0 Å². The summed E-state index contributed by atoms with van der Waals surface area (Å²) in [4.78, 5) is 0. The zero-order valence-electron chi connectivity index (χ0n) is 8.92. The first-order valence-corrected chi connectivity index (χ1v) is 5.57. The Morgan fingerprint density at radius 2 is 2.43 bits per heavy atom. The third kappa shape index (κ3) is 3.16. The minimum atomic E-state index is -0.205. The molecule has 1 atom stereocenters. The Kier molecular flexibility index (Phi) is 4.69. The van der Waals surface area contributed by atoms with Crippen LogP contribution in [0.4, 0.5) is 0 Å². The van der Waals surface area contributed by atoms with Crippen LogP contribution >= 0.6 is 0 Å². The van der Waals surface area contributed by atoms with Gasteiger partial charge in [-0.3, -0.25) is 0 Å². The van der Waals surface area contributed by atoms with Gasteiger partial charge < -0.3 is 5.11 Å². The maximum Gasteiger partial charge on any atom is 0.0946 e. The van der Waals surface area contributed by atoms with Gasteiger partial charge in [-0.15, -0.1) is 0 Å². The molecule has 2 nitrogen and oxygen atoms in total. The van der Waals surface area contributed by atoms with Gasteiger partial charge in [0.05, 0.1) is 12.2 Å². The van der Waals surface area contributed by atoms with E-state index in [1.165, 1.54) is 5.57 Å². The van der Waals surface area contributed by atoms with E-state index in [-0.39, 0.29) is 6.10 Å². The monoisotopic (exact) mass is 193 g/mol. The molecule has 1 aliphatic rings. The summed E-state index contributed by atoms with van der Waals surface area (Å²) in [7, 11) is 0. The topological polar surface area (TPSA) is 44.0 Å². The van der Waals surface area contributed by atoms with Crippen LogP contribution in [-0.2, 0) is 0 Å². The summed E-state index contributed by atoms with van der Waals surface area (Å²) in [6, 6.07) is 2.30. The first-order valence-electron chi connectivity index (χ1n) is 5.57. The Bertz CT molecular complexity index is 250. The summed E-state index contributed by atoms with van der Waals surface area (Å²) in [6.07, 6.45) is 6.59. The van der Waals surface area contributed by atoms with Crippen LogP contribution in [0.25, 0.3) is 0 Å². The fourth-order valence-electron chi connectivity index (χ4n) is 1.98. The standard InChI is InChI=1S/C12H19NO/c1-2-3-5-11(9-13)10-6-4-7-12(14)8-10/h12,14H,2-8H2,1H3/b11-10+. The van der Waals surface area contributed by atoms with E-state index in [0.29, 0.717) is 0 Å². The van der Waals surface area contributed by atoms with Gasteiger partial charge in [-0.1, -0.05) is 18.9 Å². The van der Waals surface area contributed by atoms with E-state index in [2.05, 4.69) is 13.0 Å². The van der Waals surface area contributed by atoms with Crippen LogP contribution in [0.2, 0.25) is 0 Å². The predicted molar refractivity (Wildman–Crippen MR) is 56.6 cm³/mol. The first-order chi connectivity index (χ1) is 6.77. The number of nitriles is 1. The van der Waals surface area contributed by atoms with Gasteiger partial charge in [0.15, 0.2) is 0 Å². The molecule has 0 aliphatic heterocycles. The second-order valence-electron chi connectivity index (χ2n) is 4.05. The molecule has 1 aliphatic carbocycles. The number of hydrogen-bond donors (Lipinski definition) is 1. The van der Waals surface area contributed by atoms with E-state index in [1.54, 1.807) is 0 Å². The number of nitrogens with zero attached hydrogens (tertiary/aromatic N) is 1. The van der Waals surface area contributed by atoms with Crippen molar-refractivity contribution < 1.29 is 5.11 Å². The fraction of sp³-hybridized carbons (Fsp3) is 0.750. The molecule has 1 saturated carbocycles. The summed E-state index contributed by atoms with van der Waals surface area (Å²) < 4.78 is 0. The smallest absolute Gasteiger partial charge is 0.0946 e. The van der Waals surface area contributed by atoms with Crippen LogP contribution in [0.1, 0.15) is 51.9 Å². The molecule has 1 rings (SSSR count). The van der Waals surface area contributed by atoms with Crippen LogP contribution in [0.3, 0.4) is 0 Å². The van der Waals surface area contributed by atoms with Crippen molar-refractivity contribution in [3.63, 3.8) is 0 Å². The SMILES string of the molecule is CCCC/C(C#N)=C1/CCCC(O)C1. The molecule has 2 heteroatoms. The number of aliphatic hydroxyl groups excluding tert-OH is 1. The van der Waals surface area contributed by atoms with Gasteiger partial charge in [-0.05, 0) is 38.5 Å². The normalized spacial score (nSPS) is 25.6. The van der Waals surface area contributed by atoms with E-state index in [9.17, 15) is 5.11 Å². The molecule has 14 heavy (non-hydrogen) atoms. The van der Waals surface area contributed by atoms with Gasteiger partial charge in [0.1, 0.15) is 0 Å². The minimum absolute atomic E-state index is 0.205. The molecule has 1 N–H and O–H groups in total. The summed E-state index contributed by atoms with van der Waals surface area (Å²) >= 11 is 0. The van der Waals surface area contributed by atoms with Crippen LogP contribution < -0.4 is 0 Å². The highest BCUT2D eigenvalue weighted by atomic mass is 16.3. The van der Waals surface area contributed by atoms with Gasteiger partial charge in [0.2, 0.25) is 0 Å². The maximum absolute atomic E-state index is 9.51. The second kappa shape index (κ2) is 5.82. The van der Waals surface area contributed by atoms with Crippen molar-refractivity contribution in [3.05, 3.63) is 11.1 Å². The zero-order chi connectivity index (χ0) is 10.4. The van der Waals surface area contributed by atoms with Crippen molar-refractivity contribution in [2.45, 2.75) is 58.0 Å². The molecule has 0 radical (unpaired) electrons. The first kappa shape index (κ1) is 11.3. The quantitative estimate of drug-likeness (QED) is 0.700. The summed E-state index contributed by atoms with van der Waals surface area (Å²) in [6.45, 7) is 2.13. The van der Waals surface area contributed by atoms with Crippen molar-refractivity contribution >= 4 is 0 Å². The molecule has 0 heterocycles. The number of allylic oxidation sites excluding steroid dienone is 1. The maximum atomic E-state index is 9.51. The van der Waals surface area contributed by atoms with E-state index >= 15 is 0 Å². The van der Waals surface area contributed by atoms with Crippen molar-refractivity contribution in [1.29, 1.82) is 5.26 Å². The molecule has 78 valence electrons. The Hall–Kier alpha value is -0.810. The van der Waals surface area contributed by atoms with E-state index in [4.69, 9.17) is 5.26 Å². The Morgan fingerprint density at radius 3 is 3.00 bits per heavy atom. The summed E-state index contributed by atoms with van der Waals surface area (Å²) in [5, 5.41) is 18.5. The molecular weight excluding hydrogens is 174 g/mol. The lowest BCUT2D eigenvalue weighted by atomic mass is 9.88. The third-order valence-electron chi connectivity index (χ3n) is 2.84. The largest absolute Gasteiger partial charge is 0.393 e. The van der Waals surface area contributed by atoms with Gasteiger partial charge in [0, 0.05) is 5.57 Å². The van der Waals surface area contributed by atoms with Crippen LogP contribution in [0.15, 0.2) is 11.1 Å². The zero-order valence-corrected chi connectivity index (χ0v) is 8.92. The van der Waals surface area contributed by atoms with Gasteiger partial charge in [-0.25, -0.2) is 0 Å². The molecule has 0 saturated heterocycles. The van der Waals surface area contributed by atoms with Crippen molar-refractivity contribution in [1.82, 2.24) is 0 Å². The molecule has 0 aromatic rings. The summed E-state index contributed by atoms with van der Waals surface area (Å²) in [5.74, 6) is 0. The third-order valence-corrected chi connectivity index (χ3v) is 2.84. The van der Waals surface area contributed by atoms with Crippen LogP contribution in [0, 0.1) is 11.3 Å². The summed E-state index contributed by atoms with van der Waals surface area (Å²) in [5.41, 5.74) is 2.14. The fourth-order valence-corrected chi connectivity index (χ4v) is 1.98. The van der Waals surface area contributed by atoms with E-state index in [0.717, 1.165) is 50.5 Å². The molecule has 0 bridgehead atoms. The Labute approximate surface area is 86.2 Å². The number of rotatable bonds is 3. The van der Waals surface area contributed by atoms with Crippen LogP contribution in [-0.4, -0.2) is 11.2 Å². The molecule has 0 spiro atoms. The van der Waals surface area contributed by atoms with Gasteiger partial charge in [0.25, 0.3) is 0 Å². The molecular formula is C12H19NO. The van der Waals surface area contributed by atoms with Crippen molar-refractivity contribution in [2.24, 2.45) is 0 Å². The molecule has 0 amide bonds. The minimum Gasteiger partial charge on any atom is -0.393 e. The number of hydrogen-bond acceptors (Lipinski definition) is 2. The highest BCUT2D eigenvalue weighted by Gasteiger charge is 2.17. The lowest BCUT2D eigenvalue weighted by Gasteiger charge is -2.20. The van der Waals surface area contributed by atoms with E-state index in [1.807, 2.05) is 0 Å². The van der Waals surface area contributed by atoms with Gasteiger partial charge in [-0.2, -0.15) is 5.26 Å². The Morgan fingerprint density at radius 1 is 1.64 bits per heavy atom. The second-order valence-corrected chi connectivity index (χ2v) is 4.05. The average Bonchev–Trinajstić information content (AvgIpc) is 2.19. The molecule has 0 aromatic carbocycles. The van der Waals surface area contributed by atoms with Crippen molar-refractivity contribution in [3.8, 4) is 6.07 Å². The number of unbranched alkanes of at least 4 members (excludes halogenated alkanes) is 1. The predicted octanol–water partition coefficient (Wildman–Crippen LogP) is 2.93. The molecule has 0 aromatic heterocycles. The number of aliphatic hydroxyl groups is 1. The Balaban J connectivity index is 2.62. The highest BCUT2D eigenvalue weighted by molar-refractivity contribution is 5.29. The lowest BCUT2D eigenvalue weighted by molar-refractivity contribution is 0.149. The molecule has 1 unspecified atom stereocenters. The average molecular weight is 193 g/mol. The lowest BCUT2D eigenvalue weighted by Crippen LogP contribution is -2.14. The molecule has 1 fully saturated rings. The van der Waals surface area contributed by atoms with Crippen LogP contribution in [0.5, 0.6) is 0 Å².